The van der Waals surface area contributed by atoms with Crippen LogP contribution >= 0.6 is 11.8 Å². The van der Waals surface area contributed by atoms with Crippen LogP contribution < -0.4 is 15.4 Å². The Morgan fingerprint density at radius 2 is 2.00 bits per heavy atom. The molecule has 2 aromatic rings. The molecule has 42 heavy (non-hydrogen) atoms. The zero-order chi connectivity index (χ0) is 30.1. The lowest BCUT2D eigenvalue weighted by Crippen LogP contribution is -2.55. The SMILES string of the molecule is CCc1cccc(C2(NC[C@@H](O)[C@@H]3Cc4cc(F)cc(c4)OCCCCCC(=O)N(C)[C@@H](CCSC)C(=O)N3)CC2)c1. The zero-order valence-corrected chi connectivity index (χ0v) is 26.0. The predicted molar refractivity (Wildman–Crippen MR) is 166 cm³/mol. The number of halogens is 1. The molecule has 1 aliphatic heterocycles. The van der Waals surface area contributed by atoms with E-state index in [1.54, 1.807) is 29.8 Å². The molecule has 2 amide bonds. The van der Waals surface area contributed by atoms with Crippen molar-refractivity contribution >= 4 is 23.6 Å². The molecule has 1 aliphatic carbocycles. The van der Waals surface area contributed by atoms with Crippen LogP contribution in [0.5, 0.6) is 5.75 Å². The first-order valence-corrected chi connectivity index (χ1v) is 16.6. The van der Waals surface area contributed by atoms with E-state index >= 15 is 0 Å². The molecule has 0 radical (unpaired) electrons. The van der Waals surface area contributed by atoms with Crippen LogP contribution in [0.25, 0.3) is 0 Å². The van der Waals surface area contributed by atoms with Crippen molar-refractivity contribution in [2.24, 2.45) is 0 Å². The van der Waals surface area contributed by atoms with Gasteiger partial charge in [-0.25, -0.2) is 4.39 Å². The number of benzene rings is 2. The molecule has 3 atom stereocenters. The summed E-state index contributed by atoms with van der Waals surface area (Å²) in [4.78, 5) is 28.3. The Morgan fingerprint density at radius 1 is 1.19 bits per heavy atom. The zero-order valence-electron chi connectivity index (χ0n) is 25.2. The van der Waals surface area contributed by atoms with Gasteiger partial charge in [0.25, 0.3) is 0 Å². The maximum absolute atomic E-state index is 14.6. The third kappa shape index (κ3) is 8.71. The van der Waals surface area contributed by atoms with Crippen molar-refractivity contribution in [1.29, 1.82) is 0 Å². The van der Waals surface area contributed by atoms with Crippen LogP contribution in [0.3, 0.4) is 0 Å². The first-order valence-electron chi connectivity index (χ1n) is 15.2. The number of carbonyl (C=O) groups is 2. The molecule has 0 spiro atoms. The van der Waals surface area contributed by atoms with Gasteiger partial charge in [0.2, 0.25) is 11.8 Å². The summed E-state index contributed by atoms with van der Waals surface area (Å²) in [5, 5.41) is 18.1. The first kappa shape index (κ1) is 32.3. The lowest BCUT2D eigenvalue weighted by Gasteiger charge is -2.32. The molecule has 3 N–H and O–H groups in total. The number of amides is 2. The second kappa shape index (κ2) is 15.2. The first-order chi connectivity index (χ1) is 20.2. The topological polar surface area (TPSA) is 90.9 Å². The Balaban J connectivity index is 1.57. The number of nitrogens with one attached hydrogen (secondary N) is 2. The highest BCUT2D eigenvalue weighted by Gasteiger charge is 2.44. The van der Waals surface area contributed by atoms with Crippen molar-refractivity contribution in [3.8, 4) is 5.75 Å². The van der Waals surface area contributed by atoms with E-state index in [9.17, 15) is 19.1 Å². The molecule has 230 valence electrons. The van der Waals surface area contributed by atoms with E-state index < -0.39 is 24.0 Å². The second-order valence-electron chi connectivity index (χ2n) is 11.7. The van der Waals surface area contributed by atoms with Gasteiger partial charge < -0.3 is 25.4 Å². The molecule has 0 unspecified atom stereocenters. The largest absolute Gasteiger partial charge is 0.493 e. The number of carbonyl (C=O) groups excluding carboxylic acids is 2. The minimum atomic E-state index is -0.950. The van der Waals surface area contributed by atoms with Crippen LogP contribution in [0.15, 0.2) is 42.5 Å². The molecule has 0 aromatic heterocycles. The van der Waals surface area contributed by atoms with Crippen molar-refractivity contribution in [1.82, 2.24) is 15.5 Å². The van der Waals surface area contributed by atoms with E-state index in [0.29, 0.717) is 42.9 Å². The number of fused-ring (bicyclic) bond motifs is 2. The van der Waals surface area contributed by atoms with E-state index in [0.717, 1.165) is 32.1 Å². The third-order valence-corrected chi connectivity index (χ3v) is 9.17. The van der Waals surface area contributed by atoms with E-state index in [1.807, 2.05) is 6.26 Å². The fourth-order valence-electron chi connectivity index (χ4n) is 5.69. The van der Waals surface area contributed by atoms with Crippen molar-refractivity contribution in [3.05, 3.63) is 65.0 Å². The summed E-state index contributed by atoms with van der Waals surface area (Å²) in [5.41, 5.74) is 2.91. The number of rotatable bonds is 9. The lowest BCUT2D eigenvalue weighted by atomic mass is 9.97. The molecule has 2 aromatic carbocycles. The number of nitrogens with zero attached hydrogens (tertiary/aromatic N) is 1. The number of aliphatic hydroxyl groups excluding tert-OH is 1. The van der Waals surface area contributed by atoms with Gasteiger partial charge in [-0.3, -0.25) is 9.59 Å². The minimum absolute atomic E-state index is 0.0692. The van der Waals surface area contributed by atoms with Gasteiger partial charge in [0.15, 0.2) is 0 Å². The summed E-state index contributed by atoms with van der Waals surface area (Å²) >= 11 is 1.62. The number of ether oxygens (including phenoxy) is 1. The van der Waals surface area contributed by atoms with Crippen LogP contribution in [0.4, 0.5) is 4.39 Å². The fraction of sp³-hybridized carbons (Fsp3) is 0.576. The van der Waals surface area contributed by atoms with Gasteiger partial charge in [0.05, 0.1) is 18.8 Å². The van der Waals surface area contributed by atoms with Crippen molar-refractivity contribution in [3.63, 3.8) is 0 Å². The summed E-state index contributed by atoms with van der Waals surface area (Å²) in [6.07, 6.45) is 7.22. The molecule has 1 saturated carbocycles. The van der Waals surface area contributed by atoms with Crippen LogP contribution in [0.1, 0.15) is 68.6 Å². The number of thioether (sulfide) groups is 1. The number of aliphatic hydroxyl groups is 1. The Labute approximate surface area is 254 Å². The Hall–Kier alpha value is -2.62. The molecule has 1 fully saturated rings. The minimum Gasteiger partial charge on any atom is -0.493 e. The van der Waals surface area contributed by atoms with Crippen LogP contribution in [0.2, 0.25) is 0 Å². The highest BCUT2D eigenvalue weighted by Crippen LogP contribution is 2.45. The molecular formula is C33H46FN3O4S. The molecule has 4 rings (SSSR count). The number of likely N-dealkylation sites (N-methyl/N-ethyl adjacent to an activating group) is 1. The van der Waals surface area contributed by atoms with E-state index in [1.165, 1.54) is 23.3 Å². The van der Waals surface area contributed by atoms with E-state index in [4.69, 9.17) is 4.74 Å². The van der Waals surface area contributed by atoms with Crippen molar-refractivity contribution in [2.75, 3.05) is 32.2 Å². The molecule has 1 heterocycles. The molecule has 9 heteroatoms. The Kier molecular flexibility index (Phi) is 11.7. The van der Waals surface area contributed by atoms with E-state index in [-0.39, 0.29) is 30.3 Å². The summed E-state index contributed by atoms with van der Waals surface area (Å²) < 4.78 is 20.4. The fourth-order valence-corrected chi connectivity index (χ4v) is 6.15. The monoisotopic (exact) mass is 599 g/mol. The highest BCUT2D eigenvalue weighted by atomic mass is 32.2. The number of hydrogen-bond acceptors (Lipinski definition) is 6. The van der Waals surface area contributed by atoms with Gasteiger partial charge in [0, 0.05) is 31.6 Å². The Bertz CT molecular complexity index is 1210. The van der Waals surface area contributed by atoms with Gasteiger partial charge in [-0.1, -0.05) is 31.2 Å². The van der Waals surface area contributed by atoms with Crippen LogP contribution in [-0.4, -0.2) is 72.2 Å². The van der Waals surface area contributed by atoms with Crippen LogP contribution in [0, 0.1) is 5.82 Å². The van der Waals surface area contributed by atoms with E-state index in [2.05, 4.69) is 41.8 Å². The normalized spacial score (nSPS) is 22.3. The smallest absolute Gasteiger partial charge is 0.243 e. The summed E-state index contributed by atoms with van der Waals surface area (Å²) in [7, 11) is 1.69. The van der Waals surface area contributed by atoms with Crippen molar-refractivity contribution < 1.29 is 23.8 Å². The van der Waals surface area contributed by atoms with Crippen LogP contribution in [-0.2, 0) is 28.0 Å². The molecule has 2 bridgehead atoms. The maximum Gasteiger partial charge on any atom is 0.243 e. The van der Waals surface area contributed by atoms with Gasteiger partial charge in [0.1, 0.15) is 17.6 Å². The molecule has 2 aliphatic rings. The lowest BCUT2D eigenvalue weighted by molar-refractivity contribution is -0.139. The quantitative estimate of drug-likeness (QED) is 0.391. The predicted octanol–water partition coefficient (Wildman–Crippen LogP) is 4.59. The van der Waals surface area contributed by atoms with Crippen molar-refractivity contribution in [2.45, 2.75) is 88.4 Å². The Morgan fingerprint density at radius 3 is 2.74 bits per heavy atom. The standard InChI is InChI=1S/C33H46FN3O4S/c1-4-23-9-8-10-25(17-23)33(13-14-33)35-22-30(38)28-20-24-18-26(34)21-27(19-24)41-15-7-5-6-11-31(39)37(2)29(12-16-42-3)32(40)36-28/h8-10,17-19,21,28-30,35,38H,4-7,11-16,20,22H2,1-3H3,(H,36,40)/t28-,29-,30+/m0/s1. The molecular weight excluding hydrogens is 553 g/mol. The van der Waals surface area contributed by atoms with Gasteiger partial charge in [-0.05, 0) is 92.2 Å². The summed E-state index contributed by atoms with van der Waals surface area (Å²) in [6.45, 7) is 2.82. The number of hydrogen-bond donors (Lipinski definition) is 3. The van der Waals surface area contributed by atoms with Gasteiger partial charge in [-0.2, -0.15) is 11.8 Å². The maximum atomic E-state index is 14.6. The third-order valence-electron chi connectivity index (χ3n) is 8.53. The van der Waals surface area contributed by atoms with Gasteiger partial charge >= 0.3 is 0 Å². The van der Waals surface area contributed by atoms with Gasteiger partial charge in [-0.15, -0.1) is 0 Å². The second-order valence-corrected chi connectivity index (χ2v) is 12.6. The molecule has 0 saturated heterocycles. The molecule has 7 nitrogen and oxygen atoms in total. The summed E-state index contributed by atoms with van der Waals surface area (Å²) in [5.74, 6) is 0.350. The average molecular weight is 600 g/mol. The average Bonchev–Trinajstić information content (AvgIpc) is 3.78. The highest BCUT2D eigenvalue weighted by molar-refractivity contribution is 7.98. The summed E-state index contributed by atoms with van der Waals surface area (Å²) in [6, 6.07) is 11.7. The number of aryl methyl sites for hydroxylation is 1.